The summed E-state index contributed by atoms with van der Waals surface area (Å²) in [6, 6.07) is 24.5. The molecule has 0 saturated heterocycles. The maximum atomic E-state index is 9.37. The summed E-state index contributed by atoms with van der Waals surface area (Å²) < 4.78 is 6.23. The standard InChI is InChI=1S/C27H23N3O/c1-26(2,16-28)20-9-5-18(6-10-20)22-13-14-30-23-15-24(31-25(22)23)19-7-11-21(12-8-19)27(3,4)17-29/h5-15H,1-4H3. The van der Waals surface area contributed by atoms with E-state index in [0.29, 0.717) is 0 Å². The van der Waals surface area contributed by atoms with E-state index in [1.807, 2.05) is 88.4 Å². The molecule has 31 heavy (non-hydrogen) atoms. The Morgan fingerprint density at radius 3 is 1.77 bits per heavy atom. The number of benzene rings is 2. The highest BCUT2D eigenvalue weighted by molar-refractivity contribution is 5.92. The van der Waals surface area contributed by atoms with Gasteiger partial charge in [-0.05, 0) is 50.5 Å². The zero-order chi connectivity index (χ0) is 22.2. The van der Waals surface area contributed by atoms with Gasteiger partial charge in [0.05, 0.1) is 23.0 Å². The molecule has 4 rings (SSSR count). The van der Waals surface area contributed by atoms with Crippen LogP contribution in [0.3, 0.4) is 0 Å². The minimum atomic E-state index is -0.534. The molecular weight excluding hydrogens is 382 g/mol. The van der Waals surface area contributed by atoms with Crippen LogP contribution in [-0.4, -0.2) is 4.98 Å². The van der Waals surface area contributed by atoms with Gasteiger partial charge in [-0.3, -0.25) is 4.98 Å². The van der Waals surface area contributed by atoms with Crippen molar-refractivity contribution in [1.29, 1.82) is 10.5 Å². The average molecular weight is 406 g/mol. The highest BCUT2D eigenvalue weighted by Crippen LogP contribution is 2.35. The lowest BCUT2D eigenvalue weighted by Gasteiger charge is -2.16. The van der Waals surface area contributed by atoms with E-state index in [1.165, 1.54) is 0 Å². The topological polar surface area (TPSA) is 73.6 Å². The first kappa shape index (κ1) is 20.4. The van der Waals surface area contributed by atoms with Crippen LogP contribution < -0.4 is 0 Å². The summed E-state index contributed by atoms with van der Waals surface area (Å²) in [6.45, 7) is 7.63. The number of aromatic nitrogens is 1. The first-order valence-corrected chi connectivity index (χ1v) is 10.2. The highest BCUT2D eigenvalue weighted by Gasteiger charge is 2.21. The van der Waals surface area contributed by atoms with Gasteiger partial charge in [0, 0.05) is 23.4 Å². The van der Waals surface area contributed by atoms with Crippen LogP contribution in [0.1, 0.15) is 38.8 Å². The molecule has 0 amide bonds. The SMILES string of the molecule is CC(C)(C#N)c1ccc(-c2cc3nccc(-c4ccc(C(C)(C)C#N)cc4)c3o2)cc1. The van der Waals surface area contributed by atoms with Crippen LogP contribution >= 0.6 is 0 Å². The molecule has 0 spiro atoms. The number of fused-ring (bicyclic) bond motifs is 1. The quantitative estimate of drug-likeness (QED) is 0.376. The van der Waals surface area contributed by atoms with Gasteiger partial charge in [-0.25, -0.2) is 0 Å². The van der Waals surface area contributed by atoms with Gasteiger partial charge in [-0.1, -0.05) is 48.5 Å². The van der Waals surface area contributed by atoms with Gasteiger partial charge in [0.1, 0.15) is 11.3 Å². The second-order valence-electron chi connectivity index (χ2n) is 8.81. The number of pyridine rings is 1. The molecule has 0 N–H and O–H groups in total. The molecule has 0 unspecified atom stereocenters. The maximum Gasteiger partial charge on any atom is 0.161 e. The predicted octanol–water partition coefficient (Wildman–Crippen LogP) is 6.76. The second kappa shape index (κ2) is 7.42. The Morgan fingerprint density at radius 1 is 0.742 bits per heavy atom. The van der Waals surface area contributed by atoms with E-state index in [1.54, 1.807) is 6.20 Å². The number of furan rings is 1. The van der Waals surface area contributed by atoms with Crippen LogP contribution in [0.5, 0.6) is 0 Å². The summed E-state index contributed by atoms with van der Waals surface area (Å²) in [7, 11) is 0. The van der Waals surface area contributed by atoms with Gasteiger partial charge < -0.3 is 4.42 Å². The van der Waals surface area contributed by atoms with Crippen molar-refractivity contribution in [2.24, 2.45) is 0 Å². The summed E-state index contributed by atoms with van der Waals surface area (Å²) in [5, 5.41) is 18.7. The molecule has 0 fully saturated rings. The molecular formula is C27H23N3O. The molecule has 0 atom stereocenters. The minimum absolute atomic E-state index is 0.532. The summed E-state index contributed by atoms with van der Waals surface area (Å²) in [6.07, 6.45) is 1.78. The fourth-order valence-corrected chi connectivity index (χ4v) is 3.55. The van der Waals surface area contributed by atoms with Gasteiger partial charge in [0.15, 0.2) is 5.58 Å². The van der Waals surface area contributed by atoms with Crippen molar-refractivity contribution < 1.29 is 4.42 Å². The number of nitriles is 2. The Balaban J connectivity index is 1.73. The molecule has 4 nitrogen and oxygen atoms in total. The summed E-state index contributed by atoms with van der Waals surface area (Å²) in [5.41, 5.74) is 5.30. The van der Waals surface area contributed by atoms with Crippen LogP contribution in [0.25, 0.3) is 33.6 Å². The zero-order valence-corrected chi connectivity index (χ0v) is 18.1. The average Bonchev–Trinajstić information content (AvgIpc) is 3.24. The van der Waals surface area contributed by atoms with Crippen molar-refractivity contribution in [2.75, 3.05) is 0 Å². The van der Waals surface area contributed by atoms with E-state index in [4.69, 9.17) is 4.42 Å². The molecule has 0 aliphatic heterocycles. The van der Waals surface area contributed by atoms with Crippen LogP contribution in [0, 0.1) is 22.7 Å². The lowest BCUT2D eigenvalue weighted by atomic mass is 9.85. The Morgan fingerprint density at radius 2 is 1.26 bits per heavy atom. The zero-order valence-electron chi connectivity index (χ0n) is 18.1. The van der Waals surface area contributed by atoms with Crippen molar-refractivity contribution in [3.05, 3.63) is 78.0 Å². The Bertz CT molecular complexity index is 1330. The lowest BCUT2D eigenvalue weighted by molar-refractivity contribution is 0.631. The molecule has 0 bridgehead atoms. The molecule has 0 aliphatic rings. The highest BCUT2D eigenvalue weighted by atomic mass is 16.3. The molecule has 2 aromatic carbocycles. The lowest BCUT2D eigenvalue weighted by Crippen LogP contribution is -2.13. The molecule has 152 valence electrons. The van der Waals surface area contributed by atoms with E-state index in [2.05, 4.69) is 17.1 Å². The third kappa shape index (κ3) is 3.69. The number of nitrogens with zero attached hydrogens (tertiary/aromatic N) is 3. The fraction of sp³-hybridized carbons (Fsp3) is 0.222. The summed E-state index contributed by atoms with van der Waals surface area (Å²) in [4.78, 5) is 4.47. The largest absolute Gasteiger partial charge is 0.454 e. The predicted molar refractivity (Wildman–Crippen MR) is 122 cm³/mol. The normalized spacial score (nSPS) is 11.8. The van der Waals surface area contributed by atoms with Gasteiger partial charge in [0.25, 0.3) is 0 Å². The van der Waals surface area contributed by atoms with E-state index in [9.17, 15) is 10.5 Å². The van der Waals surface area contributed by atoms with Crippen molar-refractivity contribution in [2.45, 2.75) is 38.5 Å². The third-order valence-electron chi connectivity index (χ3n) is 5.78. The Kier molecular flexibility index (Phi) is 4.88. The van der Waals surface area contributed by atoms with Gasteiger partial charge >= 0.3 is 0 Å². The van der Waals surface area contributed by atoms with Gasteiger partial charge in [-0.15, -0.1) is 0 Å². The second-order valence-corrected chi connectivity index (χ2v) is 8.81. The molecule has 2 aromatic heterocycles. The minimum Gasteiger partial charge on any atom is -0.454 e. The molecule has 4 aromatic rings. The maximum absolute atomic E-state index is 9.37. The molecule has 0 aliphatic carbocycles. The van der Waals surface area contributed by atoms with E-state index in [0.717, 1.165) is 44.7 Å². The first-order chi connectivity index (χ1) is 14.7. The van der Waals surface area contributed by atoms with Gasteiger partial charge in [-0.2, -0.15) is 10.5 Å². The number of hydrogen-bond donors (Lipinski definition) is 0. The van der Waals surface area contributed by atoms with Crippen molar-refractivity contribution in [3.8, 4) is 34.6 Å². The van der Waals surface area contributed by atoms with E-state index in [-0.39, 0.29) is 0 Å². The van der Waals surface area contributed by atoms with E-state index < -0.39 is 10.8 Å². The van der Waals surface area contributed by atoms with Crippen LogP contribution in [0.15, 0.2) is 71.3 Å². The van der Waals surface area contributed by atoms with Crippen LogP contribution in [-0.2, 0) is 10.8 Å². The summed E-state index contributed by atoms with van der Waals surface area (Å²) >= 11 is 0. The Labute approximate surface area is 182 Å². The van der Waals surface area contributed by atoms with E-state index >= 15 is 0 Å². The number of rotatable bonds is 4. The van der Waals surface area contributed by atoms with Crippen LogP contribution in [0.2, 0.25) is 0 Å². The number of hydrogen-bond acceptors (Lipinski definition) is 4. The molecule has 0 saturated carbocycles. The van der Waals surface area contributed by atoms with Gasteiger partial charge in [0.2, 0.25) is 0 Å². The first-order valence-electron chi connectivity index (χ1n) is 10.2. The fourth-order valence-electron chi connectivity index (χ4n) is 3.55. The van der Waals surface area contributed by atoms with Crippen LogP contribution in [0.4, 0.5) is 0 Å². The molecule has 4 heteroatoms. The third-order valence-corrected chi connectivity index (χ3v) is 5.78. The molecule has 2 heterocycles. The van der Waals surface area contributed by atoms with Crippen molar-refractivity contribution in [1.82, 2.24) is 4.98 Å². The smallest absolute Gasteiger partial charge is 0.161 e. The Hall–Kier alpha value is -3.89. The monoisotopic (exact) mass is 405 g/mol. The van der Waals surface area contributed by atoms with Crippen molar-refractivity contribution in [3.63, 3.8) is 0 Å². The van der Waals surface area contributed by atoms with Crippen molar-refractivity contribution >= 4 is 11.1 Å². The molecule has 0 radical (unpaired) electrons. The summed E-state index contributed by atoms with van der Waals surface area (Å²) in [5.74, 6) is 0.735.